The summed E-state index contributed by atoms with van der Waals surface area (Å²) >= 11 is 2.13. The average molecular weight is 228 g/mol. The third-order valence-corrected chi connectivity index (χ3v) is 4.93. The van der Waals surface area contributed by atoms with E-state index in [2.05, 4.69) is 30.5 Å². The Hall–Kier alpha value is 0.270. The Morgan fingerprint density at radius 3 is 2.40 bits per heavy atom. The molecule has 88 valence electrons. The van der Waals surface area contributed by atoms with Crippen LogP contribution in [0.3, 0.4) is 0 Å². The topological polar surface area (TPSA) is 29.3 Å². The standard InChI is InChI=1S/C12H24N2S/c1-9-6-14(7-10(2)15-9)8-11-4-3-5-12(11)13/h9-12H,3-8,13H2,1-2H3. The lowest BCUT2D eigenvalue weighted by atomic mass is 10.0. The van der Waals surface area contributed by atoms with Gasteiger partial charge in [0, 0.05) is 36.2 Å². The van der Waals surface area contributed by atoms with Crippen LogP contribution in [0.5, 0.6) is 0 Å². The Bertz CT molecular complexity index is 200. The molecule has 1 heterocycles. The van der Waals surface area contributed by atoms with Crippen molar-refractivity contribution in [2.24, 2.45) is 11.7 Å². The van der Waals surface area contributed by atoms with Crippen molar-refractivity contribution in [2.45, 2.75) is 49.7 Å². The van der Waals surface area contributed by atoms with Gasteiger partial charge in [0.2, 0.25) is 0 Å². The third kappa shape index (κ3) is 3.11. The quantitative estimate of drug-likeness (QED) is 0.783. The average Bonchev–Trinajstić information content (AvgIpc) is 2.50. The van der Waals surface area contributed by atoms with Crippen LogP contribution in [-0.4, -0.2) is 41.1 Å². The lowest BCUT2D eigenvalue weighted by Gasteiger charge is -2.36. The molecule has 0 aromatic carbocycles. The van der Waals surface area contributed by atoms with E-state index in [4.69, 9.17) is 5.73 Å². The third-order valence-electron chi connectivity index (χ3n) is 3.71. The van der Waals surface area contributed by atoms with Crippen molar-refractivity contribution >= 4 is 11.8 Å². The molecular formula is C12H24N2S. The van der Waals surface area contributed by atoms with E-state index in [9.17, 15) is 0 Å². The summed E-state index contributed by atoms with van der Waals surface area (Å²) in [4.78, 5) is 2.64. The minimum absolute atomic E-state index is 0.477. The summed E-state index contributed by atoms with van der Waals surface area (Å²) in [5.41, 5.74) is 6.13. The highest BCUT2D eigenvalue weighted by Gasteiger charge is 2.29. The van der Waals surface area contributed by atoms with Crippen molar-refractivity contribution in [2.75, 3.05) is 19.6 Å². The van der Waals surface area contributed by atoms with Gasteiger partial charge in [-0.05, 0) is 18.8 Å². The molecule has 4 atom stereocenters. The number of hydrogen-bond donors (Lipinski definition) is 1. The molecule has 2 aliphatic rings. The normalized spacial score (nSPS) is 43.4. The molecule has 2 rings (SSSR count). The maximum Gasteiger partial charge on any atom is 0.0149 e. The summed E-state index contributed by atoms with van der Waals surface area (Å²) in [5.74, 6) is 0.771. The molecule has 1 saturated heterocycles. The largest absolute Gasteiger partial charge is 0.327 e. The van der Waals surface area contributed by atoms with Crippen LogP contribution < -0.4 is 5.73 Å². The SMILES string of the molecule is CC1CN(CC2CCCC2N)CC(C)S1. The molecule has 2 N–H and O–H groups in total. The van der Waals surface area contributed by atoms with Crippen LogP contribution in [0.15, 0.2) is 0 Å². The zero-order valence-electron chi connectivity index (χ0n) is 9.98. The molecule has 0 aromatic rings. The number of nitrogens with two attached hydrogens (primary N) is 1. The second-order valence-corrected chi connectivity index (χ2v) is 7.21. The molecule has 1 aliphatic carbocycles. The Kier molecular flexibility index (Phi) is 3.97. The Labute approximate surface area is 98.0 Å². The summed E-state index contributed by atoms with van der Waals surface area (Å²) in [6.45, 7) is 8.47. The Balaban J connectivity index is 1.83. The van der Waals surface area contributed by atoms with Crippen LogP contribution in [0, 0.1) is 5.92 Å². The van der Waals surface area contributed by atoms with E-state index in [1.54, 1.807) is 0 Å². The van der Waals surface area contributed by atoms with E-state index in [1.807, 2.05) is 0 Å². The maximum absolute atomic E-state index is 6.13. The van der Waals surface area contributed by atoms with Crippen molar-refractivity contribution in [1.82, 2.24) is 4.90 Å². The summed E-state index contributed by atoms with van der Waals surface area (Å²) in [5, 5.41) is 1.60. The number of nitrogens with zero attached hydrogens (tertiary/aromatic N) is 1. The number of hydrogen-bond acceptors (Lipinski definition) is 3. The summed E-state index contributed by atoms with van der Waals surface area (Å²) in [6, 6.07) is 0.477. The fourth-order valence-corrected chi connectivity index (χ4v) is 4.44. The lowest BCUT2D eigenvalue weighted by molar-refractivity contribution is 0.221. The van der Waals surface area contributed by atoms with Crippen molar-refractivity contribution < 1.29 is 0 Å². The van der Waals surface area contributed by atoms with Crippen LogP contribution in [0.1, 0.15) is 33.1 Å². The van der Waals surface area contributed by atoms with Crippen molar-refractivity contribution in [1.29, 1.82) is 0 Å². The van der Waals surface area contributed by atoms with Crippen LogP contribution in [0.2, 0.25) is 0 Å². The van der Waals surface area contributed by atoms with E-state index < -0.39 is 0 Å². The van der Waals surface area contributed by atoms with Gasteiger partial charge in [-0.3, -0.25) is 0 Å². The first kappa shape index (κ1) is 11.7. The van der Waals surface area contributed by atoms with Gasteiger partial charge in [-0.15, -0.1) is 0 Å². The van der Waals surface area contributed by atoms with E-state index in [0.717, 1.165) is 16.4 Å². The molecule has 1 saturated carbocycles. The van der Waals surface area contributed by atoms with Crippen LogP contribution in [0.25, 0.3) is 0 Å². The van der Waals surface area contributed by atoms with Gasteiger partial charge in [0.1, 0.15) is 0 Å². The monoisotopic (exact) mass is 228 g/mol. The van der Waals surface area contributed by atoms with Gasteiger partial charge in [-0.1, -0.05) is 20.3 Å². The Morgan fingerprint density at radius 1 is 1.20 bits per heavy atom. The number of thioether (sulfide) groups is 1. The maximum atomic E-state index is 6.13. The van der Waals surface area contributed by atoms with Gasteiger partial charge >= 0.3 is 0 Å². The summed E-state index contributed by atoms with van der Waals surface area (Å²) < 4.78 is 0. The molecule has 2 fully saturated rings. The second-order valence-electron chi connectivity index (χ2n) is 5.33. The molecule has 1 aliphatic heterocycles. The van der Waals surface area contributed by atoms with E-state index in [-0.39, 0.29) is 0 Å². The predicted octanol–water partition coefficient (Wildman–Crippen LogP) is 1.94. The molecule has 15 heavy (non-hydrogen) atoms. The van der Waals surface area contributed by atoms with Gasteiger partial charge in [-0.25, -0.2) is 0 Å². The minimum atomic E-state index is 0.477. The summed E-state index contributed by atoms with van der Waals surface area (Å²) in [6.07, 6.45) is 3.95. The first-order valence-electron chi connectivity index (χ1n) is 6.28. The van der Waals surface area contributed by atoms with Gasteiger partial charge in [0.05, 0.1) is 0 Å². The first-order chi connectivity index (χ1) is 7.15. The van der Waals surface area contributed by atoms with Crippen molar-refractivity contribution in [3.63, 3.8) is 0 Å². The zero-order valence-corrected chi connectivity index (χ0v) is 10.8. The molecule has 0 spiro atoms. The van der Waals surface area contributed by atoms with Crippen LogP contribution in [0.4, 0.5) is 0 Å². The van der Waals surface area contributed by atoms with Crippen LogP contribution in [-0.2, 0) is 0 Å². The van der Waals surface area contributed by atoms with Gasteiger partial charge < -0.3 is 10.6 Å². The van der Waals surface area contributed by atoms with Crippen molar-refractivity contribution in [3.05, 3.63) is 0 Å². The van der Waals surface area contributed by atoms with Gasteiger partial charge in [0.25, 0.3) is 0 Å². The summed E-state index contributed by atoms with van der Waals surface area (Å²) in [7, 11) is 0. The highest BCUT2D eigenvalue weighted by atomic mass is 32.2. The Morgan fingerprint density at radius 2 is 1.87 bits per heavy atom. The molecule has 0 amide bonds. The first-order valence-corrected chi connectivity index (χ1v) is 7.23. The second kappa shape index (κ2) is 5.07. The fourth-order valence-electron chi connectivity index (χ4n) is 3.06. The fraction of sp³-hybridized carbons (Fsp3) is 1.00. The predicted molar refractivity (Wildman–Crippen MR) is 68.3 cm³/mol. The minimum Gasteiger partial charge on any atom is -0.327 e. The lowest BCUT2D eigenvalue weighted by Crippen LogP contribution is -2.44. The molecule has 3 heteroatoms. The zero-order chi connectivity index (χ0) is 10.8. The van der Waals surface area contributed by atoms with Crippen LogP contribution >= 0.6 is 11.8 Å². The van der Waals surface area contributed by atoms with E-state index >= 15 is 0 Å². The molecule has 4 unspecified atom stereocenters. The number of rotatable bonds is 2. The highest BCUT2D eigenvalue weighted by molar-refractivity contribution is 8.00. The van der Waals surface area contributed by atoms with E-state index in [0.29, 0.717) is 6.04 Å². The van der Waals surface area contributed by atoms with Gasteiger partial charge in [0.15, 0.2) is 0 Å². The molecule has 0 bridgehead atoms. The van der Waals surface area contributed by atoms with E-state index in [1.165, 1.54) is 38.9 Å². The smallest absolute Gasteiger partial charge is 0.0149 e. The highest BCUT2D eigenvalue weighted by Crippen LogP contribution is 2.29. The molecular weight excluding hydrogens is 204 g/mol. The molecule has 2 nitrogen and oxygen atoms in total. The molecule has 0 aromatic heterocycles. The van der Waals surface area contributed by atoms with Crippen molar-refractivity contribution in [3.8, 4) is 0 Å². The van der Waals surface area contributed by atoms with Gasteiger partial charge in [-0.2, -0.15) is 11.8 Å². The molecule has 0 radical (unpaired) electrons.